The topological polar surface area (TPSA) is 17.1 Å². The quantitative estimate of drug-likeness (QED) is 0.599. The van der Waals surface area contributed by atoms with Crippen LogP contribution in [0.3, 0.4) is 0 Å². The van der Waals surface area contributed by atoms with Gasteiger partial charge in [-0.1, -0.05) is 19.9 Å². The first kappa shape index (κ1) is 10.9. The molecule has 0 amide bonds. The van der Waals surface area contributed by atoms with Crippen LogP contribution in [0.1, 0.15) is 46.0 Å². The van der Waals surface area contributed by atoms with Crippen LogP contribution in [0, 0.1) is 23.2 Å². The van der Waals surface area contributed by atoms with E-state index in [0.717, 1.165) is 19.3 Å². The molecule has 2 aliphatic carbocycles. The molecule has 84 valence electrons. The zero-order chi connectivity index (χ0) is 11.1. The highest BCUT2D eigenvalue weighted by Crippen LogP contribution is 2.52. The number of hydrogen-bond donors (Lipinski definition) is 0. The maximum atomic E-state index is 11.9. The number of carbonyl (C=O) groups excluding carboxylic acids is 1. The summed E-state index contributed by atoms with van der Waals surface area (Å²) < 4.78 is 0. The second kappa shape index (κ2) is 3.77. The average molecular weight is 206 g/mol. The van der Waals surface area contributed by atoms with Crippen LogP contribution in [0.5, 0.6) is 0 Å². The predicted molar refractivity (Wildman–Crippen MR) is 62.5 cm³/mol. The summed E-state index contributed by atoms with van der Waals surface area (Å²) in [5.41, 5.74) is 0.193. The molecule has 0 aliphatic heterocycles. The van der Waals surface area contributed by atoms with E-state index in [4.69, 9.17) is 0 Å². The normalized spacial score (nSPS) is 46.0. The first-order valence-corrected chi connectivity index (χ1v) is 6.26. The second-order valence-electron chi connectivity index (χ2n) is 5.62. The van der Waals surface area contributed by atoms with Gasteiger partial charge in [-0.15, -0.1) is 6.58 Å². The summed E-state index contributed by atoms with van der Waals surface area (Å²) in [5.74, 6) is 2.12. The van der Waals surface area contributed by atoms with Crippen molar-refractivity contribution in [3.05, 3.63) is 12.7 Å². The minimum absolute atomic E-state index is 0.193. The van der Waals surface area contributed by atoms with Crippen LogP contribution in [0.15, 0.2) is 12.7 Å². The molecular weight excluding hydrogens is 184 g/mol. The largest absolute Gasteiger partial charge is 0.299 e. The molecule has 4 atom stereocenters. The van der Waals surface area contributed by atoms with Crippen LogP contribution in [-0.4, -0.2) is 5.78 Å². The van der Waals surface area contributed by atoms with Crippen molar-refractivity contribution in [2.24, 2.45) is 23.2 Å². The molecular formula is C14H22O. The molecule has 0 unspecified atom stereocenters. The van der Waals surface area contributed by atoms with Crippen molar-refractivity contribution in [1.29, 1.82) is 0 Å². The van der Waals surface area contributed by atoms with Crippen molar-refractivity contribution in [3.63, 3.8) is 0 Å². The van der Waals surface area contributed by atoms with E-state index in [-0.39, 0.29) is 5.41 Å². The number of hydrogen-bond acceptors (Lipinski definition) is 1. The maximum absolute atomic E-state index is 11.9. The SMILES string of the molecule is C=C[C@]1(C)[C@H](C)CC[C@H]2C(=O)CCC[C@@H]21. The molecule has 0 saturated heterocycles. The van der Waals surface area contributed by atoms with Crippen molar-refractivity contribution >= 4 is 5.78 Å². The lowest BCUT2D eigenvalue weighted by Gasteiger charge is -2.50. The maximum Gasteiger partial charge on any atom is 0.136 e. The average Bonchev–Trinajstić information content (AvgIpc) is 2.24. The molecule has 2 rings (SSSR count). The summed E-state index contributed by atoms with van der Waals surface area (Å²) in [4.78, 5) is 11.9. The number of carbonyl (C=O) groups is 1. The molecule has 15 heavy (non-hydrogen) atoms. The molecule has 0 N–H and O–H groups in total. The molecule has 0 aromatic carbocycles. The Bertz CT molecular complexity index is 281. The highest BCUT2D eigenvalue weighted by atomic mass is 16.1. The third kappa shape index (κ3) is 1.56. The van der Waals surface area contributed by atoms with E-state index in [1.807, 2.05) is 0 Å². The lowest BCUT2D eigenvalue weighted by atomic mass is 9.54. The van der Waals surface area contributed by atoms with Gasteiger partial charge in [0.25, 0.3) is 0 Å². The Morgan fingerprint density at radius 1 is 1.40 bits per heavy atom. The van der Waals surface area contributed by atoms with Crippen LogP contribution in [-0.2, 0) is 4.79 Å². The molecule has 2 aliphatic rings. The van der Waals surface area contributed by atoms with Gasteiger partial charge in [0.15, 0.2) is 0 Å². The van der Waals surface area contributed by atoms with Crippen molar-refractivity contribution < 1.29 is 4.79 Å². The number of fused-ring (bicyclic) bond motifs is 1. The minimum Gasteiger partial charge on any atom is -0.299 e. The fourth-order valence-corrected chi connectivity index (χ4v) is 3.67. The summed E-state index contributed by atoms with van der Waals surface area (Å²) >= 11 is 0. The van der Waals surface area contributed by atoms with Gasteiger partial charge in [-0.05, 0) is 42.9 Å². The van der Waals surface area contributed by atoms with Crippen molar-refractivity contribution in [3.8, 4) is 0 Å². The number of Topliss-reactive ketones (excluding diaryl/α,β-unsaturated/α-hetero) is 1. The van der Waals surface area contributed by atoms with Gasteiger partial charge < -0.3 is 0 Å². The van der Waals surface area contributed by atoms with E-state index in [2.05, 4.69) is 26.5 Å². The van der Waals surface area contributed by atoms with E-state index in [1.54, 1.807) is 0 Å². The highest BCUT2D eigenvalue weighted by Gasteiger charge is 2.47. The Morgan fingerprint density at radius 3 is 2.80 bits per heavy atom. The van der Waals surface area contributed by atoms with Gasteiger partial charge in [0, 0.05) is 12.3 Å². The summed E-state index contributed by atoms with van der Waals surface area (Å²) in [5, 5.41) is 0. The molecule has 2 saturated carbocycles. The fourth-order valence-electron chi connectivity index (χ4n) is 3.67. The Kier molecular flexibility index (Phi) is 2.74. The Balaban J connectivity index is 2.29. The van der Waals surface area contributed by atoms with Crippen molar-refractivity contribution in [2.45, 2.75) is 46.0 Å². The Labute approximate surface area is 92.9 Å². The zero-order valence-corrected chi connectivity index (χ0v) is 9.96. The van der Waals surface area contributed by atoms with Crippen molar-refractivity contribution in [2.75, 3.05) is 0 Å². The zero-order valence-electron chi connectivity index (χ0n) is 9.96. The van der Waals surface area contributed by atoms with Crippen LogP contribution in [0.2, 0.25) is 0 Å². The lowest BCUT2D eigenvalue weighted by molar-refractivity contribution is -0.132. The first-order chi connectivity index (χ1) is 7.09. The van der Waals surface area contributed by atoms with E-state index in [1.165, 1.54) is 12.8 Å². The molecule has 0 radical (unpaired) electrons. The molecule has 0 aromatic rings. The van der Waals surface area contributed by atoms with E-state index >= 15 is 0 Å². The van der Waals surface area contributed by atoms with Gasteiger partial charge in [-0.2, -0.15) is 0 Å². The van der Waals surface area contributed by atoms with E-state index in [9.17, 15) is 4.79 Å². The standard InChI is InChI=1S/C14H22O/c1-4-14(3)10(2)8-9-11-12(14)6-5-7-13(11)15/h4,10-12H,1,5-9H2,2-3H3/t10-,11-,12+,14-/m1/s1. The predicted octanol–water partition coefficient (Wildman–Crippen LogP) is 3.59. The van der Waals surface area contributed by atoms with E-state index in [0.29, 0.717) is 23.5 Å². The minimum atomic E-state index is 0.193. The lowest BCUT2D eigenvalue weighted by Crippen LogP contribution is -2.45. The van der Waals surface area contributed by atoms with Crippen LogP contribution in [0.4, 0.5) is 0 Å². The number of rotatable bonds is 1. The first-order valence-electron chi connectivity index (χ1n) is 6.26. The van der Waals surface area contributed by atoms with Crippen LogP contribution < -0.4 is 0 Å². The Morgan fingerprint density at radius 2 is 2.13 bits per heavy atom. The second-order valence-corrected chi connectivity index (χ2v) is 5.62. The van der Waals surface area contributed by atoms with Gasteiger partial charge in [-0.25, -0.2) is 0 Å². The molecule has 1 nitrogen and oxygen atoms in total. The summed E-state index contributed by atoms with van der Waals surface area (Å²) in [7, 11) is 0. The van der Waals surface area contributed by atoms with Crippen LogP contribution >= 0.6 is 0 Å². The Hall–Kier alpha value is -0.590. The highest BCUT2D eigenvalue weighted by molar-refractivity contribution is 5.82. The third-order valence-corrected chi connectivity index (χ3v) is 5.05. The summed E-state index contributed by atoms with van der Waals surface area (Å²) in [6.45, 7) is 8.63. The third-order valence-electron chi connectivity index (χ3n) is 5.05. The molecule has 0 spiro atoms. The molecule has 0 bridgehead atoms. The van der Waals surface area contributed by atoms with Crippen molar-refractivity contribution in [1.82, 2.24) is 0 Å². The molecule has 0 heterocycles. The van der Waals surface area contributed by atoms with Gasteiger partial charge in [0.05, 0.1) is 0 Å². The fraction of sp³-hybridized carbons (Fsp3) is 0.786. The van der Waals surface area contributed by atoms with E-state index < -0.39 is 0 Å². The molecule has 1 heteroatoms. The van der Waals surface area contributed by atoms with Gasteiger partial charge in [-0.3, -0.25) is 4.79 Å². The van der Waals surface area contributed by atoms with Crippen LogP contribution in [0.25, 0.3) is 0 Å². The smallest absolute Gasteiger partial charge is 0.136 e. The summed E-state index contributed by atoms with van der Waals surface area (Å²) in [6.07, 6.45) is 7.57. The van der Waals surface area contributed by atoms with Gasteiger partial charge >= 0.3 is 0 Å². The van der Waals surface area contributed by atoms with Gasteiger partial charge in [0.2, 0.25) is 0 Å². The monoisotopic (exact) mass is 206 g/mol. The van der Waals surface area contributed by atoms with Gasteiger partial charge in [0.1, 0.15) is 5.78 Å². The number of allylic oxidation sites excluding steroid dienone is 1. The number of ketones is 1. The summed E-state index contributed by atoms with van der Waals surface area (Å²) in [6, 6.07) is 0. The molecule has 0 aromatic heterocycles. The molecule has 2 fully saturated rings.